The third-order valence-corrected chi connectivity index (χ3v) is 30.0. The number of hydrogen-bond donors (Lipinski definition) is 4. The van der Waals surface area contributed by atoms with Crippen molar-refractivity contribution in [2.24, 2.45) is 0 Å². The lowest BCUT2D eigenvalue weighted by Crippen LogP contribution is -2.68. The van der Waals surface area contributed by atoms with Crippen molar-refractivity contribution < 1.29 is 132 Å². The van der Waals surface area contributed by atoms with Gasteiger partial charge in [0, 0.05) is 6.61 Å². The van der Waals surface area contributed by atoms with Crippen molar-refractivity contribution in [3.63, 3.8) is 0 Å². The molecule has 0 spiro atoms. The van der Waals surface area contributed by atoms with Gasteiger partial charge in [-0.3, -0.25) is 16.7 Å². The highest BCUT2D eigenvalue weighted by atomic mass is 32.2. The Balaban J connectivity index is 0.853. The maximum absolute atomic E-state index is 15.6. The van der Waals surface area contributed by atoms with E-state index in [0.717, 1.165) is 43.2 Å². The van der Waals surface area contributed by atoms with Gasteiger partial charge in [-0.25, -0.2) is 0 Å². The molecule has 33 heteroatoms. The molecule has 4 heterocycles. The summed E-state index contributed by atoms with van der Waals surface area (Å²) in [7, 11) is -20.4. The Morgan fingerprint density at radius 3 is 0.771 bits per heavy atom. The smallest absolute Gasteiger partial charge is 0.297 e. The predicted molar refractivity (Wildman–Crippen MR) is 514 cm³/mol. The normalized spacial score (nSPS) is 25.4. The second-order valence-electron chi connectivity index (χ2n) is 35.3. The van der Waals surface area contributed by atoms with Crippen LogP contribution >= 0.6 is 0 Å². The van der Waals surface area contributed by atoms with Crippen LogP contribution in [-0.4, -0.2) is 210 Å². The van der Waals surface area contributed by atoms with Crippen molar-refractivity contribution in [3.8, 4) is 0 Å². The van der Waals surface area contributed by atoms with Crippen LogP contribution in [0.15, 0.2) is 329 Å². The summed E-state index contributed by atoms with van der Waals surface area (Å²) in [6.45, 7) is 6.34. The fourth-order valence-electron chi connectivity index (χ4n) is 17.2. The summed E-state index contributed by atoms with van der Waals surface area (Å²) in [5, 5.41) is 55.2. The minimum Gasteiger partial charge on any atom is -0.387 e. The number of aliphatic hydroxyl groups is 4. The van der Waals surface area contributed by atoms with E-state index in [-0.39, 0.29) is 42.8 Å². The summed E-state index contributed by atoms with van der Waals surface area (Å²) in [4.78, 5) is -1.59. The topological polar surface area (TPSA) is 374 Å². The van der Waals surface area contributed by atoms with Crippen LogP contribution in [0.1, 0.15) is 107 Å². The summed E-state index contributed by atoms with van der Waals surface area (Å²) in [5.41, 5.74) is 5.29. The van der Waals surface area contributed by atoms with Gasteiger partial charge in [-0.1, -0.05) is 322 Å². The average Bonchev–Trinajstić information content (AvgIpc) is 0.687. The molecule has 0 bridgehead atoms. The Hall–Kier alpha value is -9.62. The van der Waals surface area contributed by atoms with Crippen LogP contribution in [-0.2, 0) is 151 Å². The van der Waals surface area contributed by atoms with E-state index in [9.17, 15) is 28.8 Å². The predicted octanol–water partition coefficient (Wildman–Crippen LogP) is 14.4. The fourth-order valence-corrected chi connectivity index (χ4v) is 21.5. The molecular weight excluding hydrogens is 1880 g/mol. The quantitative estimate of drug-likeness (QED) is 0.0156. The lowest BCUT2D eigenvalue weighted by atomic mass is 9.79. The fraction of sp³-hybridized carbons (Fsp3) is 0.383. The Labute approximate surface area is 818 Å². The molecule has 11 aromatic rings. The number of hydrogen-bond acceptors (Lipinski definition) is 29. The molecule has 11 aromatic carbocycles. The second kappa shape index (κ2) is 49.1. The first kappa shape index (κ1) is 105. The molecule has 0 unspecified atom stereocenters. The molecule has 4 aliphatic rings. The van der Waals surface area contributed by atoms with Gasteiger partial charge >= 0.3 is 0 Å². The van der Waals surface area contributed by atoms with Crippen LogP contribution < -0.4 is 0 Å². The van der Waals surface area contributed by atoms with Gasteiger partial charge in [0.2, 0.25) is 0 Å². The van der Waals surface area contributed by atoms with Crippen LogP contribution in [0.3, 0.4) is 0 Å². The Morgan fingerprint density at radius 2 is 0.500 bits per heavy atom. The van der Waals surface area contributed by atoms with E-state index in [1.54, 1.807) is 137 Å². The van der Waals surface area contributed by atoms with Crippen molar-refractivity contribution >= 4 is 40.5 Å². The summed E-state index contributed by atoms with van der Waals surface area (Å²) >= 11 is 0. The van der Waals surface area contributed by atoms with E-state index in [1.165, 1.54) is 72.8 Å². The monoisotopic (exact) mass is 2000 g/mol. The molecule has 4 fully saturated rings. The number of aliphatic hydroxyl groups excluding tert-OH is 4. The molecule has 20 atom stereocenters. The highest BCUT2D eigenvalue weighted by Gasteiger charge is 2.61. The van der Waals surface area contributed by atoms with Gasteiger partial charge in [-0.15, -0.1) is 0 Å². The molecular formula is C107H120O29S4. The largest absolute Gasteiger partial charge is 0.387 e. The zero-order valence-electron chi connectivity index (χ0n) is 78.2. The molecule has 0 aromatic heterocycles. The second-order valence-corrected chi connectivity index (χ2v) is 41.5. The average molecular weight is 2000 g/mol. The lowest BCUT2D eigenvalue weighted by Gasteiger charge is -2.51. The number of benzene rings is 11. The van der Waals surface area contributed by atoms with Gasteiger partial charge < -0.3 is 82.0 Å². The number of unbranched alkanes of at least 4 members (excludes halogenated alkanes) is 5. The van der Waals surface area contributed by atoms with Gasteiger partial charge in [-0.2, -0.15) is 33.7 Å². The van der Waals surface area contributed by atoms with Crippen LogP contribution in [0.4, 0.5) is 0 Å². The lowest BCUT2D eigenvalue weighted by molar-refractivity contribution is -0.386. The summed E-state index contributed by atoms with van der Waals surface area (Å²) in [5.74, 6) is 0. The first-order chi connectivity index (χ1) is 67.6. The van der Waals surface area contributed by atoms with Crippen LogP contribution in [0.2, 0.25) is 0 Å². The van der Waals surface area contributed by atoms with Crippen molar-refractivity contribution in [2.45, 2.75) is 248 Å². The molecule has 15 rings (SSSR count). The number of ether oxygens (including phenoxy) is 13. The molecule has 4 saturated heterocycles. The molecule has 4 N–H and O–H groups in total. The highest BCUT2D eigenvalue weighted by molar-refractivity contribution is 7.87. The highest BCUT2D eigenvalue weighted by Crippen LogP contribution is 2.47. The summed E-state index contributed by atoms with van der Waals surface area (Å²) < 4.78 is 236. The van der Waals surface area contributed by atoms with E-state index >= 15 is 25.3 Å². The molecule has 140 heavy (non-hydrogen) atoms. The maximum Gasteiger partial charge on any atom is 0.297 e. The van der Waals surface area contributed by atoms with Gasteiger partial charge in [0.15, 0.2) is 49.6 Å². The Bertz CT molecular complexity index is 6030. The molecule has 29 nitrogen and oxygen atoms in total. The maximum atomic E-state index is 15.6. The van der Waals surface area contributed by atoms with Crippen molar-refractivity contribution in [3.05, 3.63) is 371 Å². The van der Waals surface area contributed by atoms with Gasteiger partial charge in [0.25, 0.3) is 40.5 Å². The first-order valence-corrected chi connectivity index (χ1v) is 52.5. The SMILES string of the molecule is CCCCCCCCO[C@H]1O[C@H](COCc2ccccc2)[C@@H](O[C@H]2O[C@H](COCc3ccccc3)[C@@H](O[C@H]3O[C@H](COCc4ccccc4)[C@@H](O[C@H]4O[C@H](COCc5ccccc5)[C@@H](OC(c5ccccc5)(c5ccccc5)c5ccccc5)[C@H](O)[C@@H]4OS(=O)(=O)c4ccc(C)cc4)[C@H](O)[C@@H]3OS(=O)(=O)c3ccc(C)cc3)[C@H](O)[C@@H]2OS(=O)(=O)c2ccc(C)cc2)[C@H](O)[C@@H]1OS(=O)(=O)c1ccc(C)cc1. The zero-order valence-corrected chi connectivity index (χ0v) is 81.5. The van der Waals surface area contributed by atoms with E-state index in [0.29, 0.717) is 56.5 Å². The van der Waals surface area contributed by atoms with Crippen molar-refractivity contribution in [2.75, 3.05) is 33.0 Å². The third-order valence-electron chi connectivity index (χ3n) is 24.7. The number of aryl methyl sites for hydroxylation is 4. The molecule has 0 amide bonds. The minimum atomic E-state index is -5.23. The van der Waals surface area contributed by atoms with E-state index in [4.69, 9.17) is 78.3 Å². The standard InChI is InChI=1S/C107H120O29S4/c1-6-7-8-9-10-32-63-124-103-99(133-137(112,113)83-55-47-72(2)48-56-83)91(108)95(87(125-103)68-120-64-76-33-18-11-19-34-76)129-104-100(134-138(114,115)84-57-49-73(3)50-58-84)92(109)96(88(126-104)69-121-65-77-35-20-12-21-36-77)130-105-101(135-139(116,117)85-59-51-74(4)52-60-85)93(110)97(89(127-105)70-122-66-78-37-22-13-23-38-78)131-106-102(136-140(118,119)86-61-53-75(5)54-62-86)94(111)98(90(128-106)71-123-67-79-39-24-14-25-40-79)132-107(80-41-26-15-27-42-80,81-43-28-16-29-44-81)82-45-30-17-31-46-82/h11-31,33-62,87-106,108-111H,6-10,32,63-71H2,1-5H3/t87-,88-,89-,90-,91+,92+,93+,94+,95-,96-,97-,98-,99+,100+,101+,102+,103+,104-,105-,106-/m1/s1. The molecule has 4 aliphatic heterocycles. The molecule has 746 valence electrons. The van der Waals surface area contributed by atoms with E-state index in [1.807, 2.05) is 127 Å². The van der Waals surface area contributed by atoms with Crippen LogP contribution in [0.5, 0.6) is 0 Å². The Morgan fingerprint density at radius 1 is 0.271 bits per heavy atom. The summed E-state index contributed by atoms with van der Waals surface area (Å²) in [6, 6.07) is 85.6. The summed E-state index contributed by atoms with van der Waals surface area (Å²) in [6.07, 6.45) is -36.4. The van der Waals surface area contributed by atoms with Crippen LogP contribution in [0.25, 0.3) is 0 Å². The van der Waals surface area contributed by atoms with Gasteiger partial charge in [0.05, 0.1) is 72.4 Å². The van der Waals surface area contributed by atoms with Crippen molar-refractivity contribution in [1.82, 2.24) is 0 Å². The third kappa shape index (κ3) is 26.9. The molecule has 0 saturated carbocycles. The van der Waals surface area contributed by atoms with E-state index in [2.05, 4.69) is 6.92 Å². The number of rotatable bonds is 47. The molecule has 0 aliphatic carbocycles. The van der Waals surface area contributed by atoms with E-state index < -0.39 is 205 Å². The molecule has 0 radical (unpaired) electrons. The zero-order chi connectivity index (χ0) is 98.4. The van der Waals surface area contributed by atoms with Gasteiger partial charge in [0.1, 0.15) is 78.8 Å². The minimum absolute atomic E-state index is 0.00498. The first-order valence-electron chi connectivity index (χ1n) is 46.9. The van der Waals surface area contributed by atoms with Crippen LogP contribution in [0, 0.1) is 27.7 Å². The van der Waals surface area contributed by atoms with Gasteiger partial charge in [-0.05, 0) is 122 Å². The van der Waals surface area contributed by atoms with Crippen molar-refractivity contribution in [1.29, 1.82) is 0 Å². The Kier molecular flexibility index (Phi) is 36.7.